The lowest BCUT2D eigenvalue weighted by atomic mass is 10.00. The Labute approximate surface area is 73.7 Å². The maximum absolute atomic E-state index is 11.2. The highest BCUT2D eigenvalue weighted by molar-refractivity contribution is 5.78. The molecule has 12 heavy (non-hydrogen) atoms. The highest BCUT2D eigenvalue weighted by Gasteiger charge is 2.17. The Morgan fingerprint density at radius 1 is 1.67 bits per heavy atom. The molecule has 2 nitrogen and oxygen atoms in total. The molecule has 1 aliphatic rings. The number of nitrogens with one attached hydrogen (secondary N) is 1. The third kappa shape index (κ3) is 3.06. The van der Waals surface area contributed by atoms with Crippen LogP contribution in [0.25, 0.3) is 0 Å². The number of hydrogen-bond acceptors (Lipinski definition) is 2. The lowest BCUT2D eigenvalue weighted by Crippen LogP contribution is -2.12. The summed E-state index contributed by atoms with van der Waals surface area (Å²) in [5, 5.41) is 3.24. The summed E-state index contributed by atoms with van der Waals surface area (Å²) in [5.41, 5.74) is 0. The first kappa shape index (κ1) is 9.28. The predicted molar refractivity (Wildman–Crippen MR) is 48.7 cm³/mol. The van der Waals surface area contributed by atoms with E-state index in [1.165, 1.54) is 0 Å². The quantitative estimate of drug-likeness (QED) is 0.629. The molecule has 0 bridgehead atoms. The standard InChI is InChI=1S/C10H15NO/c1-2-3-4-10(12)7-9-5-6-11-8-9/h1,9,11H,3-8H2. The van der Waals surface area contributed by atoms with Gasteiger partial charge in [0, 0.05) is 19.3 Å². The van der Waals surface area contributed by atoms with Crippen LogP contribution in [0.1, 0.15) is 25.7 Å². The van der Waals surface area contributed by atoms with E-state index in [0.717, 1.165) is 19.5 Å². The number of ketones is 1. The smallest absolute Gasteiger partial charge is 0.134 e. The van der Waals surface area contributed by atoms with E-state index in [0.29, 0.717) is 31.0 Å². The summed E-state index contributed by atoms with van der Waals surface area (Å²) in [7, 11) is 0. The van der Waals surface area contributed by atoms with Gasteiger partial charge < -0.3 is 5.32 Å². The molecule has 2 heteroatoms. The third-order valence-electron chi connectivity index (χ3n) is 2.23. The third-order valence-corrected chi connectivity index (χ3v) is 2.23. The van der Waals surface area contributed by atoms with Gasteiger partial charge in [0.25, 0.3) is 0 Å². The Bertz CT molecular complexity index is 187. The van der Waals surface area contributed by atoms with Crippen LogP contribution in [0.15, 0.2) is 0 Å². The van der Waals surface area contributed by atoms with Gasteiger partial charge in [0.05, 0.1) is 0 Å². The minimum Gasteiger partial charge on any atom is -0.316 e. The molecule has 1 aliphatic heterocycles. The van der Waals surface area contributed by atoms with Crippen LogP contribution in [0.3, 0.4) is 0 Å². The van der Waals surface area contributed by atoms with Crippen molar-refractivity contribution < 1.29 is 4.79 Å². The molecule has 0 aliphatic carbocycles. The second-order valence-corrected chi connectivity index (χ2v) is 3.31. The molecule has 0 aromatic heterocycles. The molecule has 0 radical (unpaired) electrons. The second kappa shape index (κ2) is 4.95. The summed E-state index contributed by atoms with van der Waals surface area (Å²) in [6.45, 7) is 2.06. The van der Waals surface area contributed by atoms with E-state index in [1.807, 2.05) is 0 Å². The van der Waals surface area contributed by atoms with E-state index in [4.69, 9.17) is 6.42 Å². The van der Waals surface area contributed by atoms with E-state index < -0.39 is 0 Å². The van der Waals surface area contributed by atoms with Crippen LogP contribution < -0.4 is 5.32 Å². The minimum atomic E-state index is 0.321. The zero-order chi connectivity index (χ0) is 8.81. The maximum Gasteiger partial charge on any atom is 0.134 e. The van der Waals surface area contributed by atoms with Gasteiger partial charge >= 0.3 is 0 Å². The van der Waals surface area contributed by atoms with Gasteiger partial charge in [-0.15, -0.1) is 12.3 Å². The van der Waals surface area contributed by atoms with Crippen LogP contribution in [0.2, 0.25) is 0 Å². The molecule has 1 saturated heterocycles. The zero-order valence-electron chi connectivity index (χ0n) is 7.31. The maximum atomic E-state index is 11.2. The molecule has 1 fully saturated rings. The number of terminal acetylenes is 1. The van der Waals surface area contributed by atoms with Crippen molar-refractivity contribution in [2.24, 2.45) is 5.92 Å². The van der Waals surface area contributed by atoms with E-state index in [9.17, 15) is 4.79 Å². The number of Topliss-reactive ketones (excluding diaryl/α,β-unsaturated/α-hetero) is 1. The van der Waals surface area contributed by atoms with E-state index in [1.54, 1.807) is 0 Å². The predicted octanol–water partition coefficient (Wildman–Crippen LogP) is 0.968. The zero-order valence-corrected chi connectivity index (χ0v) is 7.31. The van der Waals surface area contributed by atoms with Gasteiger partial charge in [0.1, 0.15) is 5.78 Å². The lowest BCUT2D eigenvalue weighted by molar-refractivity contribution is -0.119. The summed E-state index contributed by atoms with van der Waals surface area (Å²) >= 11 is 0. The fourth-order valence-electron chi connectivity index (χ4n) is 1.52. The van der Waals surface area contributed by atoms with Crippen molar-refractivity contribution in [3.8, 4) is 12.3 Å². The first-order valence-electron chi connectivity index (χ1n) is 4.49. The monoisotopic (exact) mass is 165 g/mol. The van der Waals surface area contributed by atoms with Crippen molar-refractivity contribution in [3.05, 3.63) is 0 Å². The van der Waals surface area contributed by atoms with Gasteiger partial charge in [0.2, 0.25) is 0 Å². The molecule has 0 saturated carbocycles. The van der Waals surface area contributed by atoms with Gasteiger partial charge in [-0.05, 0) is 25.4 Å². The van der Waals surface area contributed by atoms with Crippen LogP contribution in [0.5, 0.6) is 0 Å². The van der Waals surface area contributed by atoms with E-state index in [2.05, 4.69) is 11.2 Å². The lowest BCUT2D eigenvalue weighted by Gasteiger charge is -2.04. The second-order valence-electron chi connectivity index (χ2n) is 3.31. The van der Waals surface area contributed by atoms with Gasteiger partial charge in [-0.2, -0.15) is 0 Å². The summed E-state index contributed by atoms with van der Waals surface area (Å²) in [6.07, 6.45) is 8.09. The summed E-state index contributed by atoms with van der Waals surface area (Å²) < 4.78 is 0. The minimum absolute atomic E-state index is 0.321. The average Bonchev–Trinajstić information content (AvgIpc) is 2.53. The molecule has 0 aromatic carbocycles. The summed E-state index contributed by atoms with van der Waals surface area (Å²) in [6, 6.07) is 0. The van der Waals surface area contributed by atoms with Crippen molar-refractivity contribution in [2.75, 3.05) is 13.1 Å². The first-order valence-corrected chi connectivity index (χ1v) is 4.49. The normalized spacial score (nSPS) is 22.1. The fraction of sp³-hybridized carbons (Fsp3) is 0.700. The summed E-state index contributed by atoms with van der Waals surface area (Å²) in [5.74, 6) is 3.37. The Kier molecular flexibility index (Phi) is 3.83. The van der Waals surface area contributed by atoms with Crippen LogP contribution in [-0.4, -0.2) is 18.9 Å². The average molecular weight is 165 g/mol. The molecular weight excluding hydrogens is 150 g/mol. The van der Waals surface area contributed by atoms with E-state index in [-0.39, 0.29) is 0 Å². The fourth-order valence-corrected chi connectivity index (χ4v) is 1.52. The first-order chi connectivity index (χ1) is 5.83. The molecule has 1 atom stereocenters. The molecule has 1 heterocycles. The van der Waals surface area contributed by atoms with Gasteiger partial charge in [-0.3, -0.25) is 4.79 Å². The van der Waals surface area contributed by atoms with Crippen molar-refractivity contribution in [3.63, 3.8) is 0 Å². The number of rotatable bonds is 4. The molecule has 0 amide bonds. The molecular formula is C10H15NO. The molecule has 66 valence electrons. The van der Waals surface area contributed by atoms with Gasteiger partial charge in [-0.1, -0.05) is 0 Å². The Morgan fingerprint density at radius 3 is 3.08 bits per heavy atom. The largest absolute Gasteiger partial charge is 0.316 e. The highest BCUT2D eigenvalue weighted by atomic mass is 16.1. The van der Waals surface area contributed by atoms with Crippen molar-refractivity contribution in [1.82, 2.24) is 5.32 Å². The van der Waals surface area contributed by atoms with Crippen molar-refractivity contribution >= 4 is 5.78 Å². The molecule has 1 N–H and O–H groups in total. The number of carbonyl (C=O) groups excluding carboxylic acids is 1. The van der Waals surface area contributed by atoms with Crippen LogP contribution in [-0.2, 0) is 4.79 Å². The van der Waals surface area contributed by atoms with Crippen LogP contribution in [0, 0.1) is 18.3 Å². The Balaban J connectivity index is 2.13. The highest BCUT2D eigenvalue weighted by Crippen LogP contribution is 2.13. The number of hydrogen-bond donors (Lipinski definition) is 1. The molecule has 1 rings (SSSR count). The number of carbonyl (C=O) groups is 1. The Morgan fingerprint density at radius 2 is 2.50 bits per heavy atom. The van der Waals surface area contributed by atoms with Crippen molar-refractivity contribution in [2.45, 2.75) is 25.7 Å². The van der Waals surface area contributed by atoms with Crippen LogP contribution >= 0.6 is 0 Å². The molecule has 0 aromatic rings. The molecule has 0 spiro atoms. The SMILES string of the molecule is C#CCCC(=O)CC1CCNC1. The van der Waals surface area contributed by atoms with Crippen LogP contribution in [0.4, 0.5) is 0 Å². The van der Waals surface area contributed by atoms with E-state index >= 15 is 0 Å². The molecule has 1 unspecified atom stereocenters. The van der Waals surface area contributed by atoms with Gasteiger partial charge in [0.15, 0.2) is 0 Å². The Hall–Kier alpha value is -0.810. The summed E-state index contributed by atoms with van der Waals surface area (Å²) in [4.78, 5) is 11.2. The van der Waals surface area contributed by atoms with Crippen molar-refractivity contribution in [1.29, 1.82) is 0 Å². The topological polar surface area (TPSA) is 29.1 Å². The van der Waals surface area contributed by atoms with Gasteiger partial charge in [-0.25, -0.2) is 0 Å².